The Morgan fingerprint density at radius 3 is 2.11 bits per heavy atom. The maximum atomic E-state index is 13.4. The molecule has 0 unspecified atom stereocenters. The Hall–Kier alpha value is -2.17. The summed E-state index contributed by atoms with van der Waals surface area (Å²) in [5.74, 6) is -2.94. The Balaban J connectivity index is 2.40. The summed E-state index contributed by atoms with van der Waals surface area (Å²) in [5.41, 5.74) is 6.99. The zero-order valence-corrected chi connectivity index (χ0v) is 9.60. The van der Waals surface area contributed by atoms with Crippen LogP contribution in [0.5, 0.6) is 0 Å². The van der Waals surface area contributed by atoms with E-state index in [4.69, 9.17) is 5.73 Å². The Morgan fingerprint density at radius 2 is 1.56 bits per heavy atom. The summed E-state index contributed by atoms with van der Waals surface area (Å²) >= 11 is 0. The van der Waals surface area contributed by atoms with Gasteiger partial charge < -0.3 is 11.1 Å². The molecule has 2 aromatic carbocycles. The fourth-order valence-electron chi connectivity index (χ4n) is 1.69. The molecule has 0 aliphatic rings. The molecule has 3 N–H and O–H groups in total. The van der Waals surface area contributed by atoms with Gasteiger partial charge in [0, 0.05) is 23.5 Å². The molecule has 94 valence electrons. The van der Waals surface area contributed by atoms with Crippen molar-refractivity contribution < 1.29 is 13.2 Å². The predicted molar refractivity (Wildman–Crippen MR) is 65.2 cm³/mol. The summed E-state index contributed by atoms with van der Waals surface area (Å²) in [6.45, 7) is 1.80. The molecule has 18 heavy (non-hydrogen) atoms. The number of hydrogen-bond acceptors (Lipinski definition) is 2. The lowest BCUT2D eigenvalue weighted by Crippen LogP contribution is -2.00. The maximum Gasteiger partial charge on any atom is 0.152 e. The number of anilines is 3. The maximum absolute atomic E-state index is 13.4. The lowest BCUT2D eigenvalue weighted by atomic mass is 10.2. The highest BCUT2D eigenvalue weighted by Gasteiger charge is 2.11. The van der Waals surface area contributed by atoms with E-state index in [0.717, 1.165) is 5.56 Å². The SMILES string of the molecule is Cc1cc(N)cc(Nc2c(F)cc(F)cc2F)c1. The average molecular weight is 252 g/mol. The summed E-state index contributed by atoms with van der Waals surface area (Å²) in [7, 11) is 0. The molecule has 0 bridgehead atoms. The van der Waals surface area contributed by atoms with Crippen LogP contribution < -0.4 is 11.1 Å². The van der Waals surface area contributed by atoms with Crippen LogP contribution >= 0.6 is 0 Å². The van der Waals surface area contributed by atoms with E-state index in [2.05, 4.69) is 5.32 Å². The van der Waals surface area contributed by atoms with Crippen molar-refractivity contribution >= 4 is 17.1 Å². The number of hydrogen-bond donors (Lipinski definition) is 2. The Labute approximate surface area is 102 Å². The lowest BCUT2D eigenvalue weighted by molar-refractivity contribution is 0.549. The van der Waals surface area contributed by atoms with Crippen molar-refractivity contribution in [3.8, 4) is 0 Å². The lowest BCUT2D eigenvalue weighted by Gasteiger charge is -2.10. The van der Waals surface area contributed by atoms with Crippen molar-refractivity contribution in [1.29, 1.82) is 0 Å². The van der Waals surface area contributed by atoms with Crippen LogP contribution in [0.4, 0.5) is 30.2 Å². The van der Waals surface area contributed by atoms with Crippen molar-refractivity contribution in [2.45, 2.75) is 6.92 Å². The van der Waals surface area contributed by atoms with Crippen LogP contribution in [-0.4, -0.2) is 0 Å². The normalized spacial score (nSPS) is 10.4. The van der Waals surface area contributed by atoms with Gasteiger partial charge >= 0.3 is 0 Å². The molecule has 0 saturated carbocycles. The Bertz CT molecular complexity index is 554. The number of rotatable bonds is 2. The first-order valence-corrected chi connectivity index (χ1v) is 5.24. The first-order chi connectivity index (χ1) is 8.45. The van der Waals surface area contributed by atoms with Gasteiger partial charge in [0.15, 0.2) is 11.6 Å². The Morgan fingerprint density at radius 1 is 0.944 bits per heavy atom. The third kappa shape index (κ3) is 2.56. The summed E-state index contributed by atoms with van der Waals surface area (Å²) in [6.07, 6.45) is 0. The predicted octanol–water partition coefficient (Wildman–Crippen LogP) is 3.74. The first-order valence-electron chi connectivity index (χ1n) is 5.24. The van der Waals surface area contributed by atoms with Crippen LogP contribution in [0, 0.1) is 24.4 Å². The van der Waals surface area contributed by atoms with Crippen molar-refractivity contribution in [2.24, 2.45) is 0 Å². The molecule has 5 heteroatoms. The van der Waals surface area contributed by atoms with Gasteiger partial charge in [-0.3, -0.25) is 0 Å². The molecule has 0 amide bonds. The van der Waals surface area contributed by atoms with Gasteiger partial charge in [-0.2, -0.15) is 0 Å². The third-order valence-corrected chi connectivity index (χ3v) is 2.38. The minimum atomic E-state index is -0.993. The monoisotopic (exact) mass is 252 g/mol. The second kappa shape index (κ2) is 4.60. The van der Waals surface area contributed by atoms with Crippen LogP contribution in [0.15, 0.2) is 30.3 Å². The molecule has 0 fully saturated rings. The van der Waals surface area contributed by atoms with Gasteiger partial charge in [0.1, 0.15) is 11.5 Å². The van der Waals surface area contributed by atoms with Crippen LogP contribution in [0.3, 0.4) is 0 Å². The molecule has 0 saturated heterocycles. The number of nitrogens with two attached hydrogens (primary N) is 1. The van der Waals surface area contributed by atoms with E-state index >= 15 is 0 Å². The number of halogens is 3. The van der Waals surface area contributed by atoms with Crippen molar-refractivity contribution in [3.05, 3.63) is 53.3 Å². The van der Waals surface area contributed by atoms with Gasteiger partial charge in [0.25, 0.3) is 0 Å². The van der Waals surface area contributed by atoms with E-state index in [0.29, 0.717) is 23.5 Å². The summed E-state index contributed by atoms with van der Waals surface area (Å²) in [6, 6.07) is 6.17. The molecule has 0 spiro atoms. The summed E-state index contributed by atoms with van der Waals surface area (Å²) in [5, 5.41) is 2.55. The van der Waals surface area contributed by atoms with Crippen LogP contribution in [0.2, 0.25) is 0 Å². The average Bonchev–Trinajstić information content (AvgIpc) is 2.22. The number of nitrogen functional groups attached to an aromatic ring is 1. The molecule has 0 heterocycles. The van der Waals surface area contributed by atoms with Gasteiger partial charge in [-0.25, -0.2) is 13.2 Å². The molecule has 2 nitrogen and oxygen atoms in total. The van der Waals surface area contributed by atoms with Gasteiger partial charge in [0.2, 0.25) is 0 Å². The van der Waals surface area contributed by atoms with E-state index in [1.165, 1.54) is 6.07 Å². The molecular formula is C13H11F3N2. The molecule has 0 aliphatic heterocycles. The number of nitrogens with one attached hydrogen (secondary N) is 1. The van der Waals surface area contributed by atoms with Crippen molar-refractivity contribution in [1.82, 2.24) is 0 Å². The molecule has 0 aliphatic carbocycles. The highest BCUT2D eigenvalue weighted by Crippen LogP contribution is 2.26. The van der Waals surface area contributed by atoms with Crippen LogP contribution in [-0.2, 0) is 0 Å². The first kappa shape index (κ1) is 12.3. The van der Waals surface area contributed by atoms with E-state index in [1.54, 1.807) is 19.1 Å². The molecule has 0 atom stereocenters. The second-order valence-corrected chi connectivity index (χ2v) is 4.00. The Kier molecular flexibility index (Phi) is 3.14. The molecule has 2 aromatic rings. The summed E-state index contributed by atoms with van der Waals surface area (Å²) < 4.78 is 39.6. The summed E-state index contributed by atoms with van der Waals surface area (Å²) in [4.78, 5) is 0. The van der Waals surface area contributed by atoms with Crippen LogP contribution in [0.1, 0.15) is 5.56 Å². The zero-order chi connectivity index (χ0) is 13.3. The van der Waals surface area contributed by atoms with Gasteiger partial charge in [-0.1, -0.05) is 0 Å². The molecular weight excluding hydrogens is 241 g/mol. The second-order valence-electron chi connectivity index (χ2n) is 4.00. The zero-order valence-electron chi connectivity index (χ0n) is 9.60. The van der Waals surface area contributed by atoms with Crippen LogP contribution in [0.25, 0.3) is 0 Å². The van der Waals surface area contributed by atoms with Gasteiger partial charge in [0.05, 0.1) is 0 Å². The minimum absolute atomic E-state index is 0.401. The van der Waals surface area contributed by atoms with Crippen molar-refractivity contribution in [3.63, 3.8) is 0 Å². The van der Waals surface area contributed by atoms with E-state index < -0.39 is 23.1 Å². The topological polar surface area (TPSA) is 38.0 Å². The van der Waals surface area contributed by atoms with E-state index in [-0.39, 0.29) is 0 Å². The highest BCUT2D eigenvalue weighted by atomic mass is 19.1. The smallest absolute Gasteiger partial charge is 0.152 e. The highest BCUT2D eigenvalue weighted by molar-refractivity contribution is 5.65. The quantitative estimate of drug-likeness (QED) is 0.799. The van der Waals surface area contributed by atoms with E-state index in [9.17, 15) is 13.2 Å². The minimum Gasteiger partial charge on any atom is -0.399 e. The standard InChI is InChI=1S/C13H11F3N2/c1-7-2-9(17)6-10(3-7)18-13-11(15)4-8(14)5-12(13)16/h2-6,18H,17H2,1H3. The molecule has 0 radical (unpaired) electrons. The van der Waals surface area contributed by atoms with E-state index in [1.807, 2.05) is 0 Å². The number of aryl methyl sites for hydroxylation is 1. The van der Waals surface area contributed by atoms with Gasteiger partial charge in [-0.15, -0.1) is 0 Å². The number of benzene rings is 2. The molecule has 0 aromatic heterocycles. The largest absolute Gasteiger partial charge is 0.399 e. The van der Waals surface area contributed by atoms with Crippen molar-refractivity contribution in [2.75, 3.05) is 11.1 Å². The fraction of sp³-hybridized carbons (Fsp3) is 0.0769. The molecule has 2 rings (SSSR count). The fourth-order valence-corrected chi connectivity index (χ4v) is 1.69. The van der Waals surface area contributed by atoms with Gasteiger partial charge in [-0.05, 0) is 30.7 Å². The third-order valence-electron chi connectivity index (χ3n) is 2.38.